The van der Waals surface area contributed by atoms with Crippen molar-refractivity contribution in [1.29, 1.82) is 0 Å². The number of hydrogen-bond donors (Lipinski definition) is 2. The quantitative estimate of drug-likeness (QED) is 0.816. The number of aliphatic hydroxyl groups is 1. The Morgan fingerprint density at radius 3 is 2.92 bits per heavy atom. The van der Waals surface area contributed by atoms with E-state index in [9.17, 15) is 5.11 Å². The van der Waals surface area contributed by atoms with E-state index in [1.165, 1.54) is 11.3 Å². The van der Waals surface area contributed by atoms with Gasteiger partial charge in [-0.05, 0) is 37.7 Å². The summed E-state index contributed by atoms with van der Waals surface area (Å²) < 4.78 is 9.36. The lowest BCUT2D eigenvalue weighted by Gasteiger charge is -2.22. The molecule has 0 aromatic carbocycles. The van der Waals surface area contributed by atoms with Crippen molar-refractivity contribution in [3.8, 4) is 0 Å². The average Bonchev–Trinajstić information content (AvgIpc) is 3.35. The molecule has 1 saturated heterocycles. The molecule has 3 atom stereocenters. The van der Waals surface area contributed by atoms with Crippen LogP contribution in [0.4, 0.5) is 0 Å². The Morgan fingerprint density at radius 1 is 1.31 bits per heavy atom. The number of aryl methyl sites for hydroxylation is 1. The summed E-state index contributed by atoms with van der Waals surface area (Å²) >= 11 is 0. The van der Waals surface area contributed by atoms with Crippen LogP contribution in [0.25, 0.3) is 0 Å². The topological polar surface area (TPSA) is 77.1 Å². The Bertz CT molecular complexity index is 693. The van der Waals surface area contributed by atoms with Crippen LogP contribution in [0.1, 0.15) is 42.9 Å². The number of ether oxygens (including phenoxy) is 1. The van der Waals surface area contributed by atoms with Gasteiger partial charge in [0.1, 0.15) is 0 Å². The zero-order valence-corrected chi connectivity index (χ0v) is 15.4. The molecule has 2 N–H and O–H groups in total. The number of aliphatic hydroxyl groups excluding tert-OH is 1. The van der Waals surface area contributed by atoms with Crippen molar-refractivity contribution in [3.63, 3.8) is 0 Å². The number of hydrogen-bond acceptors (Lipinski definition) is 5. The van der Waals surface area contributed by atoms with E-state index < -0.39 is 0 Å². The second-order valence-electron chi connectivity index (χ2n) is 7.72. The fraction of sp³-hybridized carbons (Fsp3) is 0.684. The van der Waals surface area contributed by atoms with Crippen LogP contribution >= 0.6 is 0 Å². The lowest BCUT2D eigenvalue weighted by atomic mass is 9.94. The molecular formula is C19H29N5O2. The van der Waals surface area contributed by atoms with Gasteiger partial charge in [0.15, 0.2) is 0 Å². The minimum atomic E-state index is -0.293. The van der Waals surface area contributed by atoms with Crippen LogP contribution in [0.15, 0.2) is 24.7 Å². The Kier molecular flexibility index (Phi) is 5.38. The molecule has 0 amide bonds. The first-order chi connectivity index (χ1) is 12.7. The molecule has 2 fully saturated rings. The molecule has 1 unspecified atom stereocenters. The van der Waals surface area contributed by atoms with E-state index >= 15 is 0 Å². The Labute approximate surface area is 154 Å². The fourth-order valence-corrected chi connectivity index (χ4v) is 4.41. The molecular weight excluding hydrogens is 330 g/mol. The molecule has 7 heteroatoms. The third-order valence-electron chi connectivity index (χ3n) is 5.73. The summed E-state index contributed by atoms with van der Waals surface area (Å²) in [6.45, 7) is 3.29. The predicted molar refractivity (Wildman–Crippen MR) is 97.6 cm³/mol. The SMILES string of the molecule is Cn1cc(CN[C@@H]2CC(Cn3cccn3)C[C@H]2O)c(C2CCOCC2)n1. The van der Waals surface area contributed by atoms with Gasteiger partial charge in [-0.1, -0.05) is 0 Å². The van der Waals surface area contributed by atoms with Crippen LogP contribution in [0.5, 0.6) is 0 Å². The lowest BCUT2D eigenvalue weighted by Crippen LogP contribution is -2.35. The van der Waals surface area contributed by atoms with E-state index in [0.717, 1.165) is 52.0 Å². The van der Waals surface area contributed by atoms with Gasteiger partial charge in [0.2, 0.25) is 0 Å². The van der Waals surface area contributed by atoms with Crippen molar-refractivity contribution in [2.24, 2.45) is 13.0 Å². The number of aromatic nitrogens is 4. The van der Waals surface area contributed by atoms with Gasteiger partial charge in [-0.25, -0.2) is 0 Å². The molecule has 0 bridgehead atoms. The summed E-state index contributed by atoms with van der Waals surface area (Å²) in [5.41, 5.74) is 2.45. The van der Waals surface area contributed by atoms with Crippen LogP contribution in [-0.4, -0.2) is 50.0 Å². The minimum absolute atomic E-state index is 0.137. The van der Waals surface area contributed by atoms with Crippen LogP contribution in [0.2, 0.25) is 0 Å². The van der Waals surface area contributed by atoms with E-state index in [1.807, 2.05) is 28.7 Å². The zero-order chi connectivity index (χ0) is 17.9. The van der Waals surface area contributed by atoms with Crippen LogP contribution in [0, 0.1) is 5.92 Å². The summed E-state index contributed by atoms with van der Waals surface area (Å²) in [6, 6.07) is 2.08. The summed E-state index contributed by atoms with van der Waals surface area (Å²) in [7, 11) is 1.98. The monoisotopic (exact) mass is 359 g/mol. The van der Waals surface area contributed by atoms with Crippen molar-refractivity contribution in [3.05, 3.63) is 35.9 Å². The molecule has 142 valence electrons. The summed E-state index contributed by atoms with van der Waals surface area (Å²) in [6.07, 6.45) is 9.51. The smallest absolute Gasteiger partial charge is 0.0702 e. The van der Waals surface area contributed by atoms with Gasteiger partial charge < -0.3 is 15.2 Å². The van der Waals surface area contributed by atoms with E-state index in [4.69, 9.17) is 9.84 Å². The van der Waals surface area contributed by atoms with Crippen molar-refractivity contribution in [2.45, 2.75) is 56.8 Å². The summed E-state index contributed by atoms with van der Waals surface area (Å²) in [5, 5.41) is 23.0. The lowest BCUT2D eigenvalue weighted by molar-refractivity contribution is 0.0841. The van der Waals surface area contributed by atoms with Gasteiger partial charge in [0.25, 0.3) is 0 Å². The molecule has 2 aromatic heterocycles. The van der Waals surface area contributed by atoms with Gasteiger partial charge in [0, 0.05) is 69.5 Å². The second kappa shape index (κ2) is 7.90. The Hall–Kier alpha value is -1.70. The first-order valence-electron chi connectivity index (χ1n) is 9.68. The molecule has 1 aliphatic carbocycles. The molecule has 2 aliphatic rings. The fourth-order valence-electron chi connectivity index (χ4n) is 4.41. The van der Waals surface area contributed by atoms with Gasteiger partial charge in [-0.15, -0.1) is 0 Å². The van der Waals surface area contributed by atoms with E-state index in [1.54, 1.807) is 6.20 Å². The maximum atomic E-state index is 10.5. The number of rotatable bonds is 6. The zero-order valence-electron chi connectivity index (χ0n) is 15.4. The summed E-state index contributed by atoms with van der Waals surface area (Å²) in [5.74, 6) is 0.953. The molecule has 26 heavy (non-hydrogen) atoms. The first kappa shape index (κ1) is 17.7. The van der Waals surface area contributed by atoms with E-state index in [2.05, 4.69) is 16.6 Å². The highest BCUT2D eigenvalue weighted by Crippen LogP contribution is 2.30. The van der Waals surface area contributed by atoms with Gasteiger partial charge in [0.05, 0.1) is 11.8 Å². The molecule has 2 aromatic rings. The molecule has 7 nitrogen and oxygen atoms in total. The standard InChI is InChI=1S/C19H29N5O2/c1-23-13-16(19(22-23)15-3-7-26-8-4-15)11-20-17-9-14(10-18(17)25)12-24-6-2-5-21-24/h2,5-6,13-15,17-18,20,25H,3-4,7-12H2,1H3/t14?,17-,18-/m1/s1. The van der Waals surface area contributed by atoms with E-state index in [-0.39, 0.29) is 12.1 Å². The van der Waals surface area contributed by atoms with Crippen molar-refractivity contribution in [1.82, 2.24) is 24.9 Å². The van der Waals surface area contributed by atoms with Crippen molar-refractivity contribution < 1.29 is 9.84 Å². The number of nitrogens with zero attached hydrogens (tertiary/aromatic N) is 4. The minimum Gasteiger partial charge on any atom is -0.391 e. The third kappa shape index (κ3) is 4.00. The molecule has 1 aliphatic heterocycles. The van der Waals surface area contributed by atoms with Gasteiger partial charge >= 0.3 is 0 Å². The highest BCUT2D eigenvalue weighted by atomic mass is 16.5. The van der Waals surface area contributed by atoms with Crippen molar-refractivity contribution in [2.75, 3.05) is 13.2 Å². The number of nitrogens with one attached hydrogen (secondary N) is 1. The molecule has 1 saturated carbocycles. The van der Waals surface area contributed by atoms with Crippen LogP contribution < -0.4 is 5.32 Å². The largest absolute Gasteiger partial charge is 0.391 e. The molecule has 0 spiro atoms. The van der Waals surface area contributed by atoms with Crippen LogP contribution in [-0.2, 0) is 24.9 Å². The maximum Gasteiger partial charge on any atom is 0.0702 e. The predicted octanol–water partition coefficient (Wildman–Crippen LogP) is 1.44. The third-order valence-corrected chi connectivity index (χ3v) is 5.73. The van der Waals surface area contributed by atoms with Gasteiger partial charge in [-0.3, -0.25) is 9.36 Å². The van der Waals surface area contributed by atoms with E-state index in [0.29, 0.717) is 11.8 Å². The van der Waals surface area contributed by atoms with Crippen molar-refractivity contribution >= 4 is 0 Å². The summed E-state index contributed by atoms with van der Waals surface area (Å²) in [4.78, 5) is 0. The normalized spacial score (nSPS) is 27.2. The van der Waals surface area contributed by atoms with Gasteiger partial charge in [-0.2, -0.15) is 10.2 Å². The average molecular weight is 359 g/mol. The maximum absolute atomic E-state index is 10.5. The second-order valence-corrected chi connectivity index (χ2v) is 7.72. The Balaban J connectivity index is 1.35. The first-order valence-corrected chi connectivity index (χ1v) is 9.68. The van der Waals surface area contributed by atoms with Crippen LogP contribution in [0.3, 0.4) is 0 Å². The highest BCUT2D eigenvalue weighted by molar-refractivity contribution is 5.22. The molecule has 0 radical (unpaired) electrons. The molecule has 3 heterocycles. The molecule has 4 rings (SSSR count). The Morgan fingerprint density at radius 2 is 2.15 bits per heavy atom. The highest BCUT2D eigenvalue weighted by Gasteiger charge is 2.33.